The summed E-state index contributed by atoms with van der Waals surface area (Å²) in [6.45, 7) is 4.27. The van der Waals surface area contributed by atoms with Crippen LogP contribution in [0.3, 0.4) is 0 Å². The first-order valence-corrected chi connectivity index (χ1v) is 7.40. The van der Waals surface area contributed by atoms with Gasteiger partial charge in [-0.05, 0) is 25.3 Å². The minimum Gasteiger partial charge on any atom is -0.385 e. The topological polar surface area (TPSA) is 67.4 Å². The lowest BCUT2D eigenvalue weighted by atomic mass is 9.96. The molecule has 0 spiro atoms. The Morgan fingerprint density at radius 1 is 1.47 bits per heavy atom. The van der Waals surface area contributed by atoms with Crippen molar-refractivity contribution in [2.75, 3.05) is 32.6 Å². The predicted octanol–water partition coefficient (Wildman–Crippen LogP) is 0.362. The SMILES string of the molecule is COCCCS(=O)(=O)NC1CNCCC1C.Cl. The maximum absolute atomic E-state index is 11.7. The van der Waals surface area contributed by atoms with Crippen LogP contribution in [0, 0.1) is 5.92 Å². The van der Waals surface area contributed by atoms with Gasteiger partial charge < -0.3 is 10.1 Å². The lowest BCUT2D eigenvalue weighted by Gasteiger charge is -2.29. The Labute approximate surface area is 110 Å². The van der Waals surface area contributed by atoms with E-state index >= 15 is 0 Å². The van der Waals surface area contributed by atoms with E-state index in [9.17, 15) is 8.42 Å². The van der Waals surface area contributed by atoms with Crippen LogP contribution in [0.15, 0.2) is 0 Å². The summed E-state index contributed by atoms with van der Waals surface area (Å²) in [5.41, 5.74) is 0. The van der Waals surface area contributed by atoms with E-state index in [2.05, 4.69) is 17.0 Å². The van der Waals surface area contributed by atoms with Crippen LogP contribution in [0.4, 0.5) is 0 Å². The van der Waals surface area contributed by atoms with Gasteiger partial charge in [-0.2, -0.15) is 0 Å². The highest BCUT2D eigenvalue weighted by molar-refractivity contribution is 7.89. The summed E-state index contributed by atoms with van der Waals surface area (Å²) in [6, 6.07) is 0.0290. The first-order valence-electron chi connectivity index (χ1n) is 5.75. The van der Waals surface area contributed by atoms with Crippen molar-refractivity contribution in [3.05, 3.63) is 0 Å². The molecule has 2 N–H and O–H groups in total. The van der Waals surface area contributed by atoms with Gasteiger partial charge in [0.2, 0.25) is 10.0 Å². The van der Waals surface area contributed by atoms with Gasteiger partial charge in [0.1, 0.15) is 0 Å². The molecule has 1 aliphatic heterocycles. The Hall–Kier alpha value is 0.120. The highest BCUT2D eigenvalue weighted by Gasteiger charge is 2.25. The molecule has 0 aliphatic carbocycles. The monoisotopic (exact) mass is 286 g/mol. The molecule has 0 aromatic rings. The van der Waals surface area contributed by atoms with Crippen molar-refractivity contribution >= 4 is 22.4 Å². The van der Waals surface area contributed by atoms with Crippen molar-refractivity contribution < 1.29 is 13.2 Å². The first-order chi connectivity index (χ1) is 7.55. The summed E-state index contributed by atoms with van der Waals surface area (Å²) in [7, 11) is -1.58. The number of hydrogen-bond acceptors (Lipinski definition) is 4. The highest BCUT2D eigenvalue weighted by atomic mass is 35.5. The van der Waals surface area contributed by atoms with E-state index < -0.39 is 10.0 Å². The van der Waals surface area contributed by atoms with Crippen LogP contribution in [-0.2, 0) is 14.8 Å². The molecule has 0 saturated carbocycles. The molecular formula is C10H23ClN2O3S. The summed E-state index contributed by atoms with van der Waals surface area (Å²) in [5.74, 6) is 0.544. The Bertz CT molecular complexity index is 298. The van der Waals surface area contributed by atoms with Crippen LogP contribution in [-0.4, -0.2) is 47.0 Å². The number of piperidine rings is 1. The highest BCUT2D eigenvalue weighted by Crippen LogP contribution is 2.12. The van der Waals surface area contributed by atoms with Gasteiger partial charge in [0.15, 0.2) is 0 Å². The van der Waals surface area contributed by atoms with Crippen LogP contribution in [0.5, 0.6) is 0 Å². The summed E-state index contributed by atoms with van der Waals surface area (Å²) < 4.78 is 31.1. The van der Waals surface area contributed by atoms with E-state index in [1.165, 1.54) is 0 Å². The summed E-state index contributed by atoms with van der Waals surface area (Å²) in [5, 5.41) is 3.20. The summed E-state index contributed by atoms with van der Waals surface area (Å²) in [4.78, 5) is 0. The normalized spacial score (nSPS) is 25.3. The van der Waals surface area contributed by atoms with Gasteiger partial charge in [0.05, 0.1) is 5.75 Å². The fourth-order valence-corrected chi connectivity index (χ4v) is 3.22. The molecule has 5 nitrogen and oxygen atoms in total. The second kappa shape index (κ2) is 8.26. The smallest absolute Gasteiger partial charge is 0.211 e. The zero-order chi connectivity index (χ0) is 12.0. The molecule has 1 fully saturated rings. The lowest BCUT2D eigenvalue weighted by molar-refractivity contribution is 0.199. The van der Waals surface area contributed by atoms with Crippen LogP contribution in [0.2, 0.25) is 0 Å². The Morgan fingerprint density at radius 2 is 2.18 bits per heavy atom. The second-order valence-electron chi connectivity index (χ2n) is 4.36. The zero-order valence-electron chi connectivity index (χ0n) is 10.4. The molecule has 1 saturated heterocycles. The van der Waals surface area contributed by atoms with Crippen molar-refractivity contribution in [3.8, 4) is 0 Å². The molecule has 104 valence electrons. The molecule has 0 amide bonds. The number of hydrogen-bond donors (Lipinski definition) is 2. The minimum atomic E-state index is -3.16. The maximum atomic E-state index is 11.7. The number of sulfonamides is 1. The molecule has 1 heterocycles. The molecule has 0 radical (unpaired) electrons. The number of halogens is 1. The van der Waals surface area contributed by atoms with Gasteiger partial charge in [-0.15, -0.1) is 12.4 Å². The third kappa shape index (κ3) is 6.57. The van der Waals surface area contributed by atoms with Gasteiger partial charge in [-0.1, -0.05) is 6.92 Å². The molecule has 0 aromatic carbocycles. The largest absolute Gasteiger partial charge is 0.385 e. The van der Waals surface area contributed by atoms with E-state index in [-0.39, 0.29) is 24.2 Å². The van der Waals surface area contributed by atoms with Crippen LogP contribution in [0.25, 0.3) is 0 Å². The summed E-state index contributed by atoms with van der Waals surface area (Å²) in [6.07, 6.45) is 1.56. The molecule has 17 heavy (non-hydrogen) atoms. The fourth-order valence-electron chi connectivity index (χ4n) is 1.83. The average Bonchev–Trinajstić information content (AvgIpc) is 2.21. The molecule has 2 unspecified atom stereocenters. The Morgan fingerprint density at radius 3 is 2.76 bits per heavy atom. The van der Waals surface area contributed by atoms with Crippen molar-refractivity contribution in [1.29, 1.82) is 0 Å². The van der Waals surface area contributed by atoms with E-state index in [4.69, 9.17) is 4.74 Å². The number of nitrogens with one attached hydrogen (secondary N) is 2. The molecule has 7 heteroatoms. The van der Waals surface area contributed by atoms with Crippen LogP contribution < -0.4 is 10.0 Å². The van der Waals surface area contributed by atoms with E-state index in [1.54, 1.807) is 7.11 Å². The van der Waals surface area contributed by atoms with E-state index in [0.717, 1.165) is 19.5 Å². The third-order valence-corrected chi connectivity index (χ3v) is 4.41. The standard InChI is InChI=1S/C10H22N2O3S.ClH/c1-9-4-5-11-8-10(9)12-16(13,14)7-3-6-15-2;/h9-12H,3-8H2,1-2H3;1H. The molecule has 1 rings (SSSR count). The third-order valence-electron chi connectivity index (χ3n) is 2.92. The van der Waals surface area contributed by atoms with E-state index in [1.807, 2.05) is 0 Å². The van der Waals surface area contributed by atoms with Crippen molar-refractivity contribution in [3.63, 3.8) is 0 Å². The number of rotatable bonds is 6. The quantitative estimate of drug-likeness (QED) is 0.692. The Kier molecular flexibility index (Phi) is 8.32. The minimum absolute atomic E-state index is 0. The van der Waals surface area contributed by atoms with Crippen molar-refractivity contribution in [1.82, 2.24) is 10.0 Å². The average molecular weight is 287 g/mol. The number of ether oxygens (including phenoxy) is 1. The predicted molar refractivity (Wildman–Crippen MR) is 71.1 cm³/mol. The fraction of sp³-hybridized carbons (Fsp3) is 1.00. The van der Waals surface area contributed by atoms with E-state index in [0.29, 0.717) is 18.9 Å². The van der Waals surface area contributed by atoms with Gasteiger partial charge in [0.25, 0.3) is 0 Å². The molecule has 2 atom stereocenters. The first kappa shape index (κ1) is 17.1. The number of methoxy groups -OCH3 is 1. The van der Waals surface area contributed by atoms with Gasteiger partial charge in [-0.3, -0.25) is 0 Å². The van der Waals surface area contributed by atoms with Crippen LogP contribution in [0.1, 0.15) is 19.8 Å². The van der Waals surface area contributed by atoms with Crippen molar-refractivity contribution in [2.24, 2.45) is 5.92 Å². The van der Waals surface area contributed by atoms with Gasteiger partial charge in [0, 0.05) is 26.3 Å². The molecule has 0 aromatic heterocycles. The summed E-state index contributed by atoms with van der Waals surface area (Å²) >= 11 is 0. The molecular weight excluding hydrogens is 264 g/mol. The van der Waals surface area contributed by atoms with Gasteiger partial charge in [-0.25, -0.2) is 13.1 Å². The van der Waals surface area contributed by atoms with Crippen molar-refractivity contribution in [2.45, 2.75) is 25.8 Å². The zero-order valence-corrected chi connectivity index (χ0v) is 12.1. The molecule has 0 bridgehead atoms. The molecule has 1 aliphatic rings. The second-order valence-corrected chi connectivity index (χ2v) is 6.23. The Balaban J connectivity index is 0.00000256. The van der Waals surface area contributed by atoms with Gasteiger partial charge >= 0.3 is 0 Å². The van der Waals surface area contributed by atoms with Crippen LogP contribution >= 0.6 is 12.4 Å². The maximum Gasteiger partial charge on any atom is 0.211 e. The lowest BCUT2D eigenvalue weighted by Crippen LogP contribution is -2.50.